The third-order valence-corrected chi connectivity index (χ3v) is 9.01. The molecule has 10 nitrogen and oxygen atoms in total. The lowest BCUT2D eigenvalue weighted by Gasteiger charge is -2.31. The number of aromatic nitrogens is 2. The molecule has 2 N–H and O–H groups in total. The van der Waals surface area contributed by atoms with Gasteiger partial charge < -0.3 is 15.5 Å². The number of carbonyl (C=O) groups is 2. The maximum Gasteiger partial charge on any atom is 0.436 e. The van der Waals surface area contributed by atoms with E-state index in [2.05, 4.69) is 15.7 Å². The average Bonchev–Trinajstić information content (AvgIpc) is 3.33. The number of halogens is 3. The number of alkyl halides is 3. The Bertz CT molecular complexity index is 1490. The molecule has 1 aromatic carbocycles. The Kier molecular flexibility index (Phi) is 8.40. The zero-order valence-electron chi connectivity index (χ0n) is 22.3. The van der Waals surface area contributed by atoms with E-state index in [0.717, 1.165) is 10.1 Å². The number of amides is 3. The first-order valence-electron chi connectivity index (χ1n) is 12.9. The number of urea groups is 1. The summed E-state index contributed by atoms with van der Waals surface area (Å²) in [6, 6.07) is 8.65. The van der Waals surface area contributed by atoms with Crippen molar-refractivity contribution in [1.82, 2.24) is 24.1 Å². The molecule has 3 heterocycles. The Morgan fingerprint density at radius 2 is 1.70 bits per heavy atom. The molecule has 40 heavy (non-hydrogen) atoms. The van der Waals surface area contributed by atoms with Crippen LogP contribution in [0.25, 0.3) is 5.52 Å². The third kappa shape index (κ3) is 5.77. The van der Waals surface area contributed by atoms with E-state index in [0.29, 0.717) is 18.5 Å². The van der Waals surface area contributed by atoms with E-state index in [4.69, 9.17) is 0 Å². The van der Waals surface area contributed by atoms with Gasteiger partial charge in [-0.1, -0.05) is 0 Å². The molecule has 1 fully saturated rings. The summed E-state index contributed by atoms with van der Waals surface area (Å²) in [5.41, 5.74) is -0.468. The van der Waals surface area contributed by atoms with Crippen LogP contribution in [0.3, 0.4) is 0 Å². The van der Waals surface area contributed by atoms with Gasteiger partial charge in [0, 0.05) is 45.1 Å². The van der Waals surface area contributed by atoms with Crippen molar-refractivity contribution in [2.24, 2.45) is 0 Å². The van der Waals surface area contributed by atoms with E-state index in [1.54, 1.807) is 26.0 Å². The SMILES string of the molecule is CCN(CC)C(=O)c1c(C(F)(F)F)nn2ccc(C3CCN(S(=O)(=O)c4ccc(NC(=O)NC)cc4)CC3)cc12. The van der Waals surface area contributed by atoms with Crippen LogP contribution < -0.4 is 10.6 Å². The number of fused-ring (bicyclic) bond motifs is 1. The molecule has 0 aliphatic carbocycles. The highest BCUT2D eigenvalue weighted by atomic mass is 32.2. The summed E-state index contributed by atoms with van der Waals surface area (Å²) in [5.74, 6) is -0.849. The van der Waals surface area contributed by atoms with Crippen LogP contribution in [0.2, 0.25) is 0 Å². The Morgan fingerprint density at radius 3 is 2.25 bits per heavy atom. The molecule has 0 radical (unpaired) electrons. The first-order valence-corrected chi connectivity index (χ1v) is 14.3. The van der Waals surface area contributed by atoms with E-state index in [1.807, 2.05) is 0 Å². The van der Waals surface area contributed by atoms with Crippen LogP contribution in [-0.2, 0) is 16.2 Å². The lowest BCUT2D eigenvalue weighted by molar-refractivity contribution is -0.141. The van der Waals surface area contributed by atoms with Gasteiger partial charge >= 0.3 is 12.2 Å². The van der Waals surface area contributed by atoms with Crippen molar-refractivity contribution in [1.29, 1.82) is 0 Å². The highest BCUT2D eigenvalue weighted by Gasteiger charge is 2.41. The number of anilines is 1. The smallest absolute Gasteiger partial charge is 0.341 e. The quantitative estimate of drug-likeness (QED) is 0.436. The Labute approximate surface area is 230 Å². The van der Waals surface area contributed by atoms with Crippen molar-refractivity contribution in [3.05, 3.63) is 59.4 Å². The minimum absolute atomic E-state index is 0.0715. The number of pyridine rings is 1. The molecule has 1 saturated heterocycles. The predicted octanol–water partition coefficient (Wildman–Crippen LogP) is 4.15. The summed E-state index contributed by atoms with van der Waals surface area (Å²) in [4.78, 5) is 26.0. The van der Waals surface area contributed by atoms with Gasteiger partial charge in [0.25, 0.3) is 5.91 Å². The summed E-state index contributed by atoms with van der Waals surface area (Å²) < 4.78 is 70.3. The number of hydrogen-bond acceptors (Lipinski definition) is 5. The molecule has 0 bridgehead atoms. The van der Waals surface area contributed by atoms with Gasteiger partial charge in [-0.25, -0.2) is 17.7 Å². The minimum Gasteiger partial charge on any atom is -0.341 e. The van der Waals surface area contributed by atoms with Crippen LogP contribution >= 0.6 is 0 Å². The van der Waals surface area contributed by atoms with Crippen molar-refractivity contribution in [2.75, 3.05) is 38.5 Å². The molecule has 0 spiro atoms. The monoisotopic (exact) mass is 580 g/mol. The normalized spacial score (nSPS) is 15.2. The molecule has 3 amide bonds. The topological polar surface area (TPSA) is 116 Å². The molecule has 2 aromatic heterocycles. The molecule has 0 atom stereocenters. The van der Waals surface area contributed by atoms with E-state index in [-0.39, 0.29) is 42.5 Å². The average molecular weight is 581 g/mol. The fourth-order valence-corrected chi connectivity index (χ4v) is 6.35. The van der Waals surface area contributed by atoms with E-state index < -0.39 is 39.4 Å². The molecular formula is C26H31F3N6O4S. The van der Waals surface area contributed by atoms with Gasteiger partial charge in [-0.2, -0.15) is 22.6 Å². The number of nitrogens with one attached hydrogen (secondary N) is 2. The molecule has 4 rings (SSSR count). The zero-order valence-corrected chi connectivity index (χ0v) is 23.1. The standard InChI is InChI=1S/C26H31F3N6O4S/c1-4-33(5-2)24(36)22-21-16-18(12-15-35(21)32-23(22)26(27,28)29)17-10-13-34(14-11-17)40(38,39)20-8-6-19(7-9-20)31-25(37)30-3/h6-9,12,15-17H,4-5,10-11,13-14H2,1-3H3,(H2,30,31,37). The second-order valence-corrected chi connectivity index (χ2v) is 11.3. The van der Waals surface area contributed by atoms with Gasteiger partial charge in [0.1, 0.15) is 0 Å². The van der Waals surface area contributed by atoms with Crippen molar-refractivity contribution in [3.63, 3.8) is 0 Å². The summed E-state index contributed by atoms with van der Waals surface area (Å²) in [5, 5.41) is 8.66. The molecule has 3 aromatic rings. The number of sulfonamides is 1. The summed E-state index contributed by atoms with van der Waals surface area (Å²) >= 11 is 0. The highest BCUT2D eigenvalue weighted by molar-refractivity contribution is 7.89. The van der Waals surface area contributed by atoms with Crippen LogP contribution in [0.4, 0.5) is 23.7 Å². The fourth-order valence-electron chi connectivity index (χ4n) is 4.88. The number of rotatable bonds is 7. The van der Waals surface area contributed by atoms with Gasteiger partial charge in [0.2, 0.25) is 10.0 Å². The van der Waals surface area contributed by atoms with E-state index in [1.165, 1.54) is 46.7 Å². The molecule has 14 heteroatoms. The molecule has 1 aliphatic heterocycles. The summed E-state index contributed by atoms with van der Waals surface area (Å²) in [7, 11) is -2.32. The van der Waals surface area contributed by atoms with Gasteiger partial charge in [0.05, 0.1) is 16.0 Å². The van der Waals surface area contributed by atoms with Gasteiger partial charge in [0.15, 0.2) is 5.69 Å². The second-order valence-electron chi connectivity index (χ2n) is 9.40. The zero-order chi connectivity index (χ0) is 29.2. The number of piperidine rings is 1. The van der Waals surface area contributed by atoms with Crippen LogP contribution in [-0.4, -0.2) is 72.4 Å². The first-order chi connectivity index (χ1) is 18.9. The van der Waals surface area contributed by atoms with Gasteiger partial charge in [-0.3, -0.25) is 4.79 Å². The highest BCUT2D eigenvalue weighted by Crippen LogP contribution is 2.36. The Hall–Kier alpha value is -3.65. The van der Waals surface area contributed by atoms with Gasteiger partial charge in [-0.05, 0) is 74.6 Å². The van der Waals surface area contributed by atoms with Gasteiger partial charge in [-0.15, -0.1) is 0 Å². The number of hydrogen-bond donors (Lipinski definition) is 2. The van der Waals surface area contributed by atoms with Crippen LogP contribution in [0, 0.1) is 0 Å². The maximum atomic E-state index is 13.8. The summed E-state index contributed by atoms with van der Waals surface area (Å²) in [6.07, 6.45) is -2.49. The Morgan fingerprint density at radius 1 is 1.07 bits per heavy atom. The molecule has 1 aliphatic rings. The lowest BCUT2D eigenvalue weighted by Crippen LogP contribution is -2.37. The van der Waals surface area contributed by atoms with Crippen molar-refractivity contribution < 1.29 is 31.2 Å². The molecule has 0 unspecified atom stereocenters. The van der Waals surface area contributed by atoms with Crippen LogP contribution in [0.5, 0.6) is 0 Å². The predicted molar refractivity (Wildman–Crippen MR) is 143 cm³/mol. The van der Waals surface area contributed by atoms with Crippen LogP contribution in [0.15, 0.2) is 47.5 Å². The summed E-state index contributed by atoms with van der Waals surface area (Å²) in [6.45, 7) is 4.34. The van der Waals surface area contributed by atoms with E-state index >= 15 is 0 Å². The third-order valence-electron chi connectivity index (χ3n) is 7.09. The van der Waals surface area contributed by atoms with Crippen molar-refractivity contribution in [3.8, 4) is 0 Å². The molecule has 216 valence electrons. The largest absolute Gasteiger partial charge is 0.436 e. The number of benzene rings is 1. The molecule has 0 saturated carbocycles. The fraction of sp³-hybridized carbons (Fsp3) is 0.423. The lowest BCUT2D eigenvalue weighted by atomic mass is 9.90. The molecular weight excluding hydrogens is 549 g/mol. The van der Waals surface area contributed by atoms with Crippen molar-refractivity contribution in [2.45, 2.75) is 43.7 Å². The first kappa shape index (κ1) is 29.3. The number of nitrogens with zero attached hydrogens (tertiary/aromatic N) is 4. The Balaban J connectivity index is 1.55. The number of carbonyl (C=O) groups excluding carboxylic acids is 2. The van der Waals surface area contributed by atoms with Crippen LogP contribution in [0.1, 0.15) is 54.2 Å². The van der Waals surface area contributed by atoms with E-state index in [9.17, 15) is 31.2 Å². The minimum atomic E-state index is -4.80. The van der Waals surface area contributed by atoms with Crippen molar-refractivity contribution >= 4 is 33.2 Å². The second kappa shape index (κ2) is 11.5. The maximum absolute atomic E-state index is 13.8.